The zero-order chi connectivity index (χ0) is 15.8. The molecule has 1 aromatic heterocycles. The van der Waals surface area contributed by atoms with E-state index in [1.165, 1.54) is 0 Å². The van der Waals surface area contributed by atoms with Crippen LogP contribution in [0, 0.1) is 0 Å². The van der Waals surface area contributed by atoms with E-state index in [-0.39, 0.29) is 11.9 Å². The molecule has 1 fully saturated rings. The summed E-state index contributed by atoms with van der Waals surface area (Å²) in [6.07, 6.45) is 1.90. The smallest absolute Gasteiger partial charge is 0.254 e. The third kappa shape index (κ3) is 2.59. The number of aromatic amines is 1. The third-order valence-electron chi connectivity index (χ3n) is 4.31. The summed E-state index contributed by atoms with van der Waals surface area (Å²) >= 11 is 6.01. The van der Waals surface area contributed by atoms with Gasteiger partial charge in [0.2, 0.25) is 0 Å². The van der Waals surface area contributed by atoms with E-state index < -0.39 is 0 Å². The van der Waals surface area contributed by atoms with E-state index in [0.717, 1.165) is 36.2 Å². The summed E-state index contributed by atoms with van der Waals surface area (Å²) in [5, 5.41) is 0.579. The highest BCUT2D eigenvalue weighted by Crippen LogP contribution is 2.32. The number of fused-ring (bicyclic) bond motifs is 1. The maximum Gasteiger partial charge on any atom is 0.254 e. The molecule has 0 bridgehead atoms. The van der Waals surface area contributed by atoms with Gasteiger partial charge in [0.15, 0.2) is 0 Å². The Labute approximate surface area is 139 Å². The average Bonchev–Trinajstić information content (AvgIpc) is 3.20. The summed E-state index contributed by atoms with van der Waals surface area (Å²) in [6, 6.07) is 15.0. The van der Waals surface area contributed by atoms with Crippen molar-refractivity contribution in [2.45, 2.75) is 18.9 Å². The quantitative estimate of drug-likeness (QED) is 0.768. The molecule has 0 saturated carbocycles. The number of para-hydroxylation sites is 2. The van der Waals surface area contributed by atoms with Crippen LogP contribution in [0.4, 0.5) is 0 Å². The standard InChI is InChI=1S/C18H16ClN3O/c19-13-6-3-5-12(11-13)18(23)22-10-4-9-16(22)17-20-14-7-1-2-8-15(14)21-17/h1-3,5-8,11,16H,4,9-10H2,(H,20,21)/t16-/m1/s1. The first-order chi connectivity index (χ1) is 11.2. The van der Waals surface area contributed by atoms with Gasteiger partial charge in [-0.3, -0.25) is 4.79 Å². The van der Waals surface area contributed by atoms with Crippen LogP contribution in [0.2, 0.25) is 5.02 Å². The van der Waals surface area contributed by atoms with Crippen molar-refractivity contribution in [3.8, 4) is 0 Å². The molecule has 1 aliphatic heterocycles. The van der Waals surface area contributed by atoms with E-state index in [9.17, 15) is 4.79 Å². The predicted molar refractivity (Wildman–Crippen MR) is 90.6 cm³/mol. The first kappa shape index (κ1) is 14.3. The second kappa shape index (κ2) is 5.70. The van der Waals surface area contributed by atoms with Crippen LogP contribution in [0.15, 0.2) is 48.5 Å². The Morgan fingerprint density at radius 2 is 2.09 bits per heavy atom. The summed E-state index contributed by atoms with van der Waals surface area (Å²) in [5.74, 6) is 0.870. The van der Waals surface area contributed by atoms with Gasteiger partial charge in [-0.2, -0.15) is 0 Å². The van der Waals surface area contributed by atoms with Gasteiger partial charge in [0.1, 0.15) is 5.82 Å². The van der Waals surface area contributed by atoms with Crippen molar-refractivity contribution in [3.05, 3.63) is 64.9 Å². The molecule has 4 nitrogen and oxygen atoms in total. The van der Waals surface area contributed by atoms with Crippen molar-refractivity contribution < 1.29 is 4.79 Å². The molecule has 1 aliphatic rings. The molecule has 1 atom stereocenters. The minimum atomic E-state index is -0.00567. The maximum atomic E-state index is 12.8. The lowest BCUT2D eigenvalue weighted by Gasteiger charge is -2.23. The minimum absolute atomic E-state index is 0.00567. The lowest BCUT2D eigenvalue weighted by molar-refractivity contribution is 0.0730. The highest BCUT2D eigenvalue weighted by Gasteiger charge is 2.32. The number of hydrogen-bond acceptors (Lipinski definition) is 2. The number of amides is 1. The molecule has 2 heterocycles. The monoisotopic (exact) mass is 325 g/mol. The third-order valence-corrected chi connectivity index (χ3v) is 4.54. The fourth-order valence-corrected chi connectivity index (χ4v) is 3.40. The number of rotatable bonds is 2. The molecule has 1 saturated heterocycles. The second-order valence-electron chi connectivity index (χ2n) is 5.81. The Bertz CT molecular complexity index is 840. The van der Waals surface area contributed by atoms with Crippen LogP contribution in [0.5, 0.6) is 0 Å². The summed E-state index contributed by atoms with van der Waals surface area (Å²) in [5.41, 5.74) is 2.56. The van der Waals surface area contributed by atoms with Crippen molar-refractivity contribution in [2.24, 2.45) is 0 Å². The van der Waals surface area contributed by atoms with E-state index in [0.29, 0.717) is 10.6 Å². The van der Waals surface area contributed by atoms with Gasteiger partial charge in [0.25, 0.3) is 5.91 Å². The highest BCUT2D eigenvalue weighted by molar-refractivity contribution is 6.30. The van der Waals surface area contributed by atoms with Gasteiger partial charge < -0.3 is 9.88 Å². The van der Waals surface area contributed by atoms with E-state index in [2.05, 4.69) is 9.97 Å². The Balaban J connectivity index is 1.67. The van der Waals surface area contributed by atoms with Crippen molar-refractivity contribution >= 4 is 28.5 Å². The molecule has 4 rings (SSSR count). The number of H-pyrrole nitrogens is 1. The SMILES string of the molecule is O=C(c1cccc(Cl)c1)N1CCC[C@@H]1c1nc2ccccc2[nH]1. The molecular weight excluding hydrogens is 310 g/mol. The highest BCUT2D eigenvalue weighted by atomic mass is 35.5. The molecule has 1 amide bonds. The number of carbonyl (C=O) groups excluding carboxylic acids is 1. The summed E-state index contributed by atoms with van der Waals surface area (Å²) in [4.78, 5) is 22.7. The lowest BCUT2D eigenvalue weighted by Crippen LogP contribution is -2.31. The average molecular weight is 326 g/mol. The van der Waals surface area contributed by atoms with Crippen LogP contribution >= 0.6 is 11.6 Å². The van der Waals surface area contributed by atoms with Crippen molar-refractivity contribution in [3.63, 3.8) is 0 Å². The Kier molecular flexibility index (Phi) is 3.54. The Morgan fingerprint density at radius 1 is 1.22 bits per heavy atom. The zero-order valence-electron chi connectivity index (χ0n) is 12.5. The van der Waals surface area contributed by atoms with Crippen molar-refractivity contribution in [1.29, 1.82) is 0 Å². The first-order valence-corrected chi connectivity index (χ1v) is 8.11. The van der Waals surface area contributed by atoms with E-state index in [4.69, 9.17) is 11.6 Å². The second-order valence-corrected chi connectivity index (χ2v) is 6.24. The van der Waals surface area contributed by atoms with E-state index >= 15 is 0 Å². The van der Waals surface area contributed by atoms with Crippen LogP contribution in [0.1, 0.15) is 35.1 Å². The number of nitrogens with zero attached hydrogens (tertiary/aromatic N) is 2. The predicted octanol–water partition coefficient (Wildman–Crippen LogP) is 4.19. The topological polar surface area (TPSA) is 49.0 Å². The molecule has 23 heavy (non-hydrogen) atoms. The van der Waals surface area contributed by atoms with Gasteiger partial charge in [-0.1, -0.05) is 29.8 Å². The fraction of sp³-hybridized carbons (Fsp3) is 0.222. The van der Waals surface area contributed by atoms with Crippen molar-refractivity contribution in [2.75, 3.05) is 6.54 Å². The summed E-state index contributed by atoms with van der Waals surface area (Å²) in [7, 11) is 0. The number of carbonyl (C=O) groups is 1. The number of likely N-dealkylation sites (tertiary alicyclic amines) is 1. The van der Waals surface area contributed by atoms with Crippen LogP contribution in [-0.2, 0) is 0 Å². The summed E-state index contributed by atoms with van der Waals surface area (Å²) in [6.45, 7) is 0.743. The molecule has 1 N–H and O–H groups in total. The van der Waals surface area contributed by atoms with Gasteiger partial charge in [-0.15, -0.1) is 0 Å². The maximum absolute atomic E-state index is 12.8. The lowest BCUT2D eigenvalue weighted by atomic mass is 10.1. The minimum Gasteiger partial charge on any atom is -0.340 e. The Hall–Kier alpha value is -2.33. The molecule has 5 heteroatoms. The summed E-state index contributed by atoms with van der Waals surface area (Å²) < 4.78 is 0. The molecule has 0 unspecified atom stereocenters. The first-order valence-electron chi connectivity index (χ1n) is 7.73. The van der Waals surface area contributed by atoms with Crippen LogP contribution in [0.3, 0.4) is 0 Å². The fourth-order valence-electron chi connectivity index (χ4n) is 3.21. The molecular formula is C18H16ClN3O. The number of nitrogens with one attached hydrogen (secondary N) is 1. The Morgan fingerprint density at radius 3 is 2.91 bits per heavy atom. The molecule has 0 radical (unpaired) electrons. The number of benzene rings is 2. The molecule has 116 valence electrons. The number of halogens is 1. The number of imidazole rings is 1. The van der Waals surface area contributed by atoms with Gasteiger partial charge in [0, 0.05) is 17.1 Å². The molecule has 0 spiro atoms. The van der Waals surface area contributed by atoms with Crippen LogP contribution in [-0.4, -0.2) is 27.3 Å². The van der Waals surface area contributed by atoms with Gasteiger partial charge in [-0.05, 0) is 43.2 Å². The van der Waals surface area contributed by atoms with Gasteiger partial charge >= 0.3 is 0 Å². The van der Waals surface area contributed by atoms with Crippen molar-refractivity contribution in [1.82, 2.24) is 14.9 Å². The normalized spacial score (nSPS) is 17.8. The largest absolute Gasteiger partial charge is 0.340 e. The van der Waals surface area contributed by atoms with Gasteiger partial charge in [0.05, 0.1) is 17.1 Å². The number of aromatic nitrogens is 2. The van der Waals surface area contributed by atoms with Crippen LogP contribution in [0.25, 0.3) is 11.0 Å². The van der Waals surface area contributed by atoms with Crippen LogP contribution < -0.4 is 0 Å². The van der Waals surface area contributed by atoms with E-state index in [1.807, 2.05) is 41.3 Å². The number of hydrogen-bond donors (Lipinski definition) is 1. The molecule has 3 aromatic rings. The molecule has 2 aromatic carbocycles. The molecule has 0 aliphatic carbocycles. The van der Waals surface area contributed by atoms with E-state index in [1.54, 1.807) is 12.1 Å². The van der Waals surface area contributed by atoms with Gasteiger partial charge in [-0.25, -0.2) is 4.98 Å². The zero-order valence-corrected chi connectivity index (χ0v) is 13.3.